The molecular formula is C19H29N3O3S. The number of ether oxygens (including phenoxy) is 2. The number of benzene rings is 1. The molecule has 0 bridgehead atoms. The first kappa shape index (κ1) is 20.6. The van der Waals surface area contributed by atoms with Gasteiger partial charge in [0, 0.05) is 25.3 Å². The first-order valence-corrected chi connectivity index (χ1v) is 9.72. The van der Waals surface area contributed by atoms with Gasteiger partial charge in [0.15, 0.2) is 5.11 Å². The number of morpholine rings is 1. The zero-order chi connectivity index (χ0) is 18.6. The smallest absolute Gasteiger partial charge is 0.338 e. The van der Waals surface area contributed by atoms with E-state index in [-0.39, 0.29) is 5.97 Å². The molecule has 1 aliphatic heterocycles. The van der Waals surface area contributed by atoms with Crippen LogP contribution in [-0.2, 0) is 9.47 Å². The molecule has 1 aromatic rings. The van der Waals surface area contributed by atoms with Gasteiger partial charge in [0.1, 0.15) is 0 Å². The maximum absolute atomic E-state index is 11.9. The summed E-state index contributed by atoms with van der Waals surface area (Å²) in [4.78, 5) is 14.3. The van der Waals surface area contributed by atoms with E-state index in [0.29, 0.717) is 17.3 Å². The number of anilines is 1. The lowest BCUT2D eigenvalue weighted by atomic mass is 10.2. The summed E-state index contributed by atoms with van der Waals surface area (Å²) in [7, 11) is 0. The minimum atomic E-state index is -0.284. The lowest BCUT2D eigenvalue weighted by Crippen LogP contribution is -2.38. The highest BCUT2D eigenvalue weighted by Gasteiger charge is 2.09. The fourth-order valence-electron chi connectivity index (χ4n) is 2.59. The number of nitrogens with one attached hydrogen (secondary N) is 2. The lowest BCUT2D eigenvalue weighted by Gasteiger charge is -2.26. The van der Waals surface area contributed by atoms with E-state index in [4.69, 9.17) is 21.7 Å². The van der Waals surface area contributed by atoms with Crippen molar-refractivity contribution in [3.8, 4) is 0 Å². The molecule has 2 rings (SSSR count). The van der Waals surface area contributed by atoms with E-state index in [0.717, 1.165) is 64.3 Å². The van der Waals surface area contributed by atoms with Crippen molar-refractivity contribution in [3.63, 3.8) is 0 Å². The van der Waals surface area contributed by atoms with Crippen LogP contribution < -0.4 is 10.6 Å². The van der Waals surface area contributed by atoms with E-state index in [1.54, 1.807) is 12.1 Å². The van der Waals surface area contributed by atoms with Crippen LogP contribution in [0.1, 0.15) is 36.5 Å². The number of esters is 1. The third kappa shape index (κ3) is 7.68. The Morgan fingerprint density at radius 3 is 2.65 bits per heavy atom. The topological polar surface area (TPSA) is 62.8 Å². The maximum Gasteiger partial charge on any atom is 0.338 e. The molecule has 144 valence electrons. The molecule has 2 N–H and O–H groups in total. The fourth-order valence-corrected chi connectivity index (χ4v) is 2.81. The zero-order valence-corrected chi connectivity index (χ0v) is 16.3. The van der Waals surface area contributed by atoms with Gasteiger partial charge in [0.25, 0.3) is 0 Å². The van der Waals surface area contributed by atoms with E-state index < -0.39 is 0 Å². The second-order valence-corrected chi connectivity index (χ2v) is 6.66. The molecule has 0 aliphatic carbocycles. The van der Waals surface area contributed by atoms with Crippen LogP contribution in [-0.4, -0.2) is 62.0 Å². The molecule has 0 atom stereocenters. The van der Waals surface area contributed by atoms with Crippen LogP contribution in [0.25, 0.3) is 0 Å². The average molecular weight is 380 g/mol. The zero-order valence-electron chi connectivity index (χ0n) is 15.5. The van der Waals surface area contributed by atoms with Gasteiger partial charge in [-0.05, 0) is 55.9 Å². The molecule has 1 aromatic carbocycles. The normalized spacial score (nSPS) is 14.7. The van der Waals surface area contributed by atoms with Crippen molar-refractivity contribution in [1.29, 1.82) is 0 Å². The maximum atomic E-state index is 11.9. The van der Waals surface area contributed by atoms with Crippen molar-refractivity contribution >= 4 is 29.0 Å². The van der Waals surface area contributed by atoms with Crippen LogP contribution in [0.5, 0.6) is 0 Å². The van der Waals surface area contributed by atoms with E-state index in [1.165, 1.54) is 0 Å². The number of rotatable bonds is 9. The number of carbonyl (C=O) groups is 1. The van der Waals surface area contributed by atoms with Crippen molar-refractivity contribution in [1.82, 2.24) is 10.2 Å². The van der Waals surface area contributed by atoms with Gasteiger partial charge in [0.05, 0.1) is 25.4 Å². The van der Waals surface area contributed by atoms with Gasteiger partial charge in [0.2, 0.25) is 0 Å². The number of thiocarbonyl (C=S) groups is 1. The largest absolute Gasteiger partial charge is 0.462 e. The lowest BCUT2D eigenvalue weighted by molar-refractivity contribution is 0.0376. The fraction of sp³-hybridized carbons (Fsp3) is 0.579. The SMILES string of the molecule is CCCCOC(=O)c1ccc(NC(=S)NCCCN2CCOCC2)cc1. The predicted octanol–water partition coefficient (Wildman–Crippen LogP) is 2.65. The third-order valence-corrected chi connectivity index (χ3v) is 4.40. The Hall–Kier alpha value is -1.70. The minimum Gasteiger partial charge on any atom is -0.462 e. The van der Waals surface area contributed by atoms with E-state index in [9.17, 15) is 4.79 Å². The molecule has 0 saturated carbocycles. The van der Waals surface area contributed by atoms with Gasteiger partial charge in [-0.25, -0.2) is 4.79 Å². The molecule has 0 radical (unpaired) electrons. The van der Waals surface area contributed by atoms with Crippen molar-refractivity contribution in [2.75, 3.05) is 51.3 Å². The molecule has 0 unspecified atom stereocenters. The highest BCUT2D eigenvalue weighted by atomic mass is 32.1. The van der Waals surface area contributed by atoms with Crippen LogP contribution in [0.2, 0.25) is 0 Å². The van der Waals surface area contributed by atoms with Crippen molar-refractivity contribution in [2.24, 2.45) is 0 Å². The highest BCUT2D eigenvalue weighted by molar-refractivity contribution is 7.80. The van der Waals surface area contributed by atoms with Gasteiger partial charge < -0.3 is 20.1 Å². The van der Waals surface area contributed by atoms with Gasteiger partial charge in [-0.1, -0.05) is 13.3 Å². The molecule has 1 aliphatic rings. The van der Waals surface area contributed by atoms with E-state index in [2.05, 4.69) is 22.5 Å². The summed E-state index contributed by atoms with van der Waals surface area (Å²) in [5.41, 5.74) is 1.40. The standard InChI is InChI=1S/C19H29N3O3S/c1-2-3-13-25-18(23)16-5-7-17(8-6-16)21-19(26)20-9-4-10-22-11-14-24-15-12-22/h5-8H,2-4,9-15H2,1H3,(H2,20,21,26). The molecule has 6 nitrogen and oxygen atoms in total. The molecule has 1 heterocycles. The first-order chi connectivity index (χ1) is 12.7. The summed E-state index contributed by atoms with van der Waals surface area (Å²) >= 11 is 5.31. The van der Waals surface area contributed by atoms with Crippen LogP contribution in [0.15, 0.2) is 24.3 Å². The Kier molecular flexibility index (Phi) is 9.38. The first-order valence-electron chi connectivity index (χ1n) is 9.31. The Morgan fingerprint density at radius 2 is 1.96 bits per heavy atom. The number of hydrogen-bond acceptors (Lipinski definition) is 5. The average Bonchev–Trinajstić information content (AvgIpc) is 2.67. The Bertz CT molecular complexity index is 560. The van der Waals surface area contributed by atoms with Gasteiger partial charge in [-0.15, -0.1) is 0 Å². The number of nitrogens with zero attached hydrogens (tertiary/aromatic N) is 1. The molecule has 0 spiro atoms. The Labute approximate surface area is 161 Å². The van der Waals surface area contributed by atoms with Gasteiger partial charge >= 0.3 is 5.97 Å². The highest BCUT2D eigenvalue weighted by Crippen LogP contribution is 2.11. The second kappa shape index (κ2) is 11.8. The molecule has 1 saturated heterocycles. The van der Waals surface area contributed by atoms with Crippen LogP contribution in [0, 0.1) is 0 Å². The summed E-state index contributed by atoms with van der Waals surface area (Å²) in [5.74, 6) is -0.284. The van der Waals surface area contributed by atoms with Crippen LogP contribution >= 0.6 is 12.2 Å². The van der Waals surface area contributed by atoms with Crippen molar-refractivity contribution < 1.29 is 14.3 Å². The number of carbonyl (C=O) groups excluding carboxylic acids is 1. The molecule has 0 amide bonds. The van der Waals surface area contributed by atoms with Crippen LogP contribution in [0.3, 0.4) is 0 Å². The number of unbranched alkanes of at least 4 members (excludes halogenated alkanes) is 1. The minimum absolute atomic E-state index is 0.284. The van der Waals surface area contributed by atoms with Crippen molar-refractivity contribution in [3.05, 3.63) is 29.8 Å². The second-order valence-electron chi connectivity index (χ2n) is 6.26. The molecule has 26 heavy (non-hydrogen) atoms. The van der Waals surface area contributed by atoms with Gasteiger partial charge in [-0.2, -0.15) is 0 Å². The van der Waals surface area contributed by atoms with E-state index >= 15 is 0 Å². The molecule has 7 heteroatoms. The molecule has 0 aromatic heterocycles. The molecule has 1 fully saturated rings. The summed E-state index contributed by atoms with van der Waals surface area (Å²) in [6.07, 6.45) is 2.92. The van der Waals surface area contributed by atoms with Crippen LogP contribution in [0.4, 0.5) is 5.69 Å². The van der Waals surface area contributed by atoms with Gasteiger partial charge in [-0.3, -0.25) is 4.90 Å². The monoisotopic (exact) mass is 379 g/mol. The van der Waals surface area contributed by atoms with E-state index in [1.807, 2.05) is 12.1 Å². The third-order valence-electron chi connectivity index (χ3n) is 4.15. The summed E-state index contributed by atoms with van der Waals surface area (Å²) in [6, 6.07) is 7.16. The molecular weight excluding hydrogens is 350 g/mol. The summed E-state index contributed by atoms with van der Waals surface area (Å²) in [5, 5.41) is 6.93. The quantitative estimate of drug-likeness (QED) is 0.388. The summed E-state index contributed by atoms with van der Waals surface area (Å²) in [6.45, 7) is 8.08. The summed E-state index contributed by atoms with van der Waals surface area (Å²) < 4.78 is 10.5. The number of hydrogen-bond donors (Lipinski definition) is 2. The Balaban J connectivity index is 1.64. The van der Waals surface area contributed by atoms with Crippen molar-refractivity contribution in [2.45, 2.75) is 26.2 Å². The predicted molar refractivity (Wildman–Crippen MR) is 108 cm³/mol. The Morgan fingerprint density at radius 1 is 1.23 bits per heavy atom.